The molecule has 1 rings (SSSR count). The van der Waals surface area contributed by atoms with Crippen molar-refractivity contribution in [1.82, 2.24) is 4.90 Å². The van der Waals surface area contributed by atoms with Gasteiger partial charge in [0, 0.05) is 0 Å². The molecule has 0 saturated heterocycles. The van der Waals surface area contributed by atoms with Crippen molar-refractivity contribution in [3.05, 3.63) is 24.0 Å². The summed E-state index contributed by atoms with van der Waals surface area (Å²) < 4.78 is 12.7. The van der Waals surface area contributed by atoms with Gasteiger partial charge < -0.3 is 16.0 Å². The molecule has 0 atom stereocenters. The van der Waals surface area contributed by atoms with E-state index in [1.54, 1.807) is 19.0 Å². The van der Waals surface area contributed by atoms with Crippen molar-refractivity contribution in [1.29, 1.82) is 0 Å². The second-order valence-electron chi connectivity index (χ2n) is 3.52. The molecular formula is C10H14FN3O. The Bertz CT molecular complexity index is 366. The Morgan fingerprint density at radius 3 is 2.73 bits per heavy atom. The van der Waals surface area contributed by atoms with Crippen LogP contribution in [-0.2, 0) is 4.79 Å². The molecule has 0 aromatic heterocycles. The monoisotopic (exact) mass is 211 g/mol. The standard InChI is InChI=1S/C10H14FN3O/c1-14(2)6-10(15)13-9-4-3-7(11)5-8(9)12/h3-5H,6,12H2,1-2H3,(H,13,15). The van der Waals surface area contributed by atoms with Crippen LogP contribution in [0.4, 0.5) is 15.8 Å². The molecule has 0 spiro atoms. The van der Waals surface area contributed by atoms with Gasteiger partial charge in [-0.25, -0.2) is 4.39 Å². The van der Waals surface area contributed by atoms with Crippen LogP contribution in [0.1, 0.15) is 0 Å². The first-order valence-corrected chi connectivity index (χ1v) is 4.48. The van der Waals surface area contributed by atoms with E-state index in [0.717, 1.165) is 0 Å². The summed E-state index contributed by atoms with van der Waals surface area (Å²) in [6.07, 6.45) is 0. The average Bonchev–Trinajstić information content (AvgIpc) is 2.08. The van der Waals surface area contributed by atoms with Crippen LogP contribution >= 0.6 is 0 Å². The maximum atomic E-state index is 12.7. The molecule has 5 heteroatoms. The molecule has 1 amide bonds. The first kappa shape index (κ1) is 11.5. The highest BCUT2D eigenvalue weighted by molar-refractivity contribution is 5.95. The second-order valence-corrected chi connectivity index (χ2v) is 3.52. The summed E-state index contributed by atoms with van der Waals surface area (Å²) in [7, 11) is 3.57. The lowest BCUT2D eigenvalue weighted by molar-refractivity contribution is -0.116. The number of carbonyl (C=O) groups is 1. The third-order valence-corrected chi connectivity index (χ3v) is 1.75. The number of anilines is 2. The van der Waals surface area contributed by atoms with Crippen LogP contribution in [-0.4, -0.2) is 31.4 Å². The molecule has 0 aliphatic heterocycles. The van der Waals surface area contributed by atoms with Gasteiger partial charge in [0.25, 0.3) is 0 Å². The number of benzene rings is 1. The number of nitrogens with one attached hydrogen (secondary N) is 1. The zero-order valence-corrected chi connectivity index (χ0v) is 8.75. The van der Waals surface area contributed by atoms with E-state index >= 15 is 0 Å². The summed E-state index contributed by atoms with van der Waals surface area (Å²) in [6.45, 7) is 0.261. The van der Waals surface area contributed by atoms with Gasteiger partial charge in [0.05, 0.1) is 17.9 Å². The maximum Gasteiger partial charge on any atom is 0.238 e. The summed E-state index contributed by atoms with van der Waals surface area (Å²) in [6, 6.07) is 3.87. The molecular weight excluding hydrogens is 197 g/mol. The fraction of sp³-hybridized carbons (Fsp3) is 0.300. The Morgan fingerprint density at radius 2 is 2.20 bits per heavy atom. The number of amides is 1. The lowest BCUT2D eigenvalue weighted by atomic mass is 10.2. The van der Waals surface area contributed by atoms with Crippen molar-refractivity contribution < 1.29 is 9.18 Å². The highest BCUT2D eigenvalue weighted by Gasteiger charge is 2.06. The molecule has 0 fully saturated rings. The van der Waals surface area contributed by atoms with Gasteiger partial charge in [-0.3, -0.25) is 4.79 Å². The van der Waals surface area contributed by atoms with Gasteiger partial charge in [-0.1, -0.05) is 0 Å². The van der Waals surface area contributed by atoms with Crippen LogP contribution in [0.25, 0.3) is 0 Å². The van der Waals surface area contributed by atoms with E-state index in [-0.39, 0.29) is 18.1 Å². The average molecular weight is 211 g/mol. The lowest BCUT2D eigenvalue weighted by Crippen LogP contribution is -2.27. The van der Waals surface area contributed by atoms with Crippen molar-refractivity contribution in [2.24, 2.45) is 0 Å². The molecule has 82 valence electrons. The van der Waals surface area contributed by atoms with E-state index in [1.165, 1.54) is 18.2 Å². The zero-order valence-electron chi connectivity index (χ0n) is 8.75. The fourth-order valence-electron chi connectivity index (χ4n) is 1.12. The van der Waals surface area contributed by atoms with Gasteiger partial charge in [0.1, 0.15) is 5.82 Å². The number of nitrogens with zero attached hydrogens (tertiary/aromatic N) is 1. The lowest BCUT2D eigenvalue weighted by Gasteiger charge is -2.11. The number of likely N-dealkylation sites (N-methyl/N-ethyl adjacent to an activating group) is 1. The van der Waals surface area contributed by atoms with E-state index in [2.05, 4.69) is 5.32 Å². The SMILES string of the molecule is CN(C)CC(=O)Nc1ccc(F)cc1N. The second kappa shape index (κ2) is 4.75. The first-order valence-electron chi connectivity index (χ1n) is 4.48. The van der Waals surface area contributed by atoms with Crippen molar-refractivity contribution in [2.75, 3.05) is 31.7 Å². The molecule has 0 radical (unpaired) electrons. The minimum absolute atomic E-state index is 0.182. The third-order valence-electron chi connectivity index (χ3n) is 1.75. The van der Waals surface area contributed by atoms with E-state index < -0.39 is 5.82 Å². The van der Waals surface area contributed by atoms with Crippen LogP contribution in [0.5, 0.6) is 0 Å². The fourth-order valence-corrected chi connectivity index (χ4v) is 1.12. The minimum atomic E-state index is -0.418. The largest absolute Gasteiger partial charge is 0.397 e. The van der Waals surface area contributed by atoms with Crippen LogP contribution in [0, 0.1) is 5.82 Å². The summed E-state index contributed by atoms with van der Waals surface area (Å²) >= 11 is 0. The summed E-state index contributed by atoms with van der Waals surface area (Å²) in [5, 5.41) is 2.60. The number of carbonyl (C=O) groups excluding carboxylic acids is 1. The smallest absolute Gasteiger partial charge is 0.238 e. The van der Waals surface area contributed by atoms with Crippen LogP contribution < -0.4 is 11.1 Å². The number of hydrogen-bond acceptors (Lipinski definition) is 3. The normalized spacial score (nSPS) is 10.4. The minimum Gasteiger partial charge on any atom is -0.397 e. The van der Waals surface area contributed by atoms with Crippen LogP contribution in [0.15, 0.2) is 18.2 Å². The predicted octanol–water partition coefficient (Wildman–Crippen LogP) is 0.908. The molecule has 15 heavy (non-hydrogen) atoms. The van der Waals surface area contributed by atoms with Gasteiger partial charge in [-0.2, -0.15) is 0 Å². The van der Waals surface area contributed by atoms with Gasteiger partial charge >= 0.3 is 0 Å². The molecule has 3 N–H and O–H groups in total. The van der Waals surface area contributed by atoms with Crippen molar-refractivity contribution in [3.8, 4) is 0 Å². The Morgan fingerprint density at radius 1 is 1.53 bits per heavy atom. The maximum absolute atomic E-state index is 12.7. The van der Waals surface area contributed by atoms with Gasteiger partial charge in [0.15, 0.2) is 0 Å². The Labute approximate surface area is 87.9 Å². The van der Waals surface area contributed by atoms with E-state index in [1.807, 2.05) is 0 Å². The summed E-state index contributed by atoms with van der Waals surface area (Å²) in [4.78, 5) is 13.1. The summed E-state index contributed by atoms with van der Waals surface area (Å²) in [5.74, 6) is -0.601. The van der Waals surface area contributed by atoms with Crippen molar-refractivity contribution in [2.45, 2.75) is 0 Å². The zero-order chi connectivity index (χ0) is 11.4. The Hall–Kier alpha value is -1.62. The molecule has 1 aromatic carbocycles. The van der Waals surface area contributed by atoms with Crippen LogP contribution in [0.3, 0.4) is 0 Å². The molecule has 4 nitrogen and oxygen atoms in total. The van der Waals surface area contributed by atoms with Crippen molar-refractivity contribution >= 4 is 17.3 Å². The topological polar surface area (TPSA) is 58.4 Å². The molecule has 0 saturated carbocycles. The van der Waals surface area contributed by atoms with E-state index in [9.17, 15) is 9.18 Å². The molecule has 0 unspecified atom stereocenters. The Balaban J connectivity index is 2.68. The molecule has 0 aliphatic carbocycles. The highest BCUT2D eigenvalue weighted by Crippen LogP contribution is 2.18. The third kappa shape index (κ3) is 3.55. The molecule has 0 bridgehead atoms. The van der Waals surface area contributed by atoms with Gasteiger partial charge in [0.2, 0.25) is 5.91 Å². The highest BCUT2D eigenvalue weighted by atomic mass is 19.1. The quantitative estimate of drug-likeness (QED) is 0.730. The first-order chi connectivity index (χ1) is 6.99. The predicted molar refractivity (Wildman–Crippen MR) is 58.0 cm³/mol. The van der Waals surface area contributed by atoms with Crippen LogP contribution in [0.2, 0.25) is 0 Å². The number of nitrogens with two attached hydrogens (primary N) is 1. The summed E-state index contributed by atoms with van der Waals surface area (Å²) in [5.41, 5.74) is 6.19. The van der Waals surface area contributed by atoms with E-state index in [0.29, 0.717) is 5.69 Å². The number of halogens is 1. The molecule has 0 heterocycles. The van der Waals surface area contributed by atoms with Crippen molar-refractivity contribution in [3.63, 3.8) is 0 Å². The van der Waals surface area contributed by atoms with Gasteiger partial charge in [-0.05, 0) is 32.3 Å². The Kier molecular flexibility index (Phi) is 3.62. The molecule has 0 aliphatic rings. The number of nitrogen functional groups attached to an aromatic ring is 1. The number of rotatable bonds is 3. The number of hydrogen-bond donors (Lipinski definition) is 2. The van der Waals surface area contributed by atoms with Gasteiger partial charge in [-0.15, -0.1) is 0 Å². The molecule has 1 aromatic rings. The van der Waals surface area contributed by atoms with E-state index in [4.69, 9.17) is 5.73 Å².